The lowest BCUT2D eigenvalue weighted by Crippen LogP contribution is -2.44. The van der Waals surface area contributed by atoms with Crippen LogP contribution in [0.1, 0.15) is 25.0 Å². The second-order valence-electron chi connectivity index (χ2n) is 10.9. The minimum absolute atomic E-state index is 0.0494. The first kappa shape index (κ1) is 29.8. The molecule has 1 amide bonds. The Bertz CT molecular complexity index is 1590. The maximum Gasteiger partial charge on any atom is 0.418 e. The molecule has 3 aromatic carbocycles. The van der Waals surface area contributed by atoms with Crippen molar-refractivity contribution in [2.75, 3.05) is 48.8 Å². The van der Waals surface area contributed by atoms with Crippen molar-refractivity contribution in [3.63, 3.8) is 0 Å². The van der Waals surface area contributed by atoms with Crippen LogP contribution >= 0.6 is 0 Å². The van der Waals surface area contributed by atoms with Gasteiger partial charge in [0.2, 0.25) is 11.8 Å². The standard InChI is InChI=1S/C33H37FN6O3/c1-21(2)42-30-19-24(34)9-14-28(30)37-33(41)43-31-20-29(27-8-6-7-22(3)23(27)4)36-32(38-31)35-25-10-12-26(13-11-25)40-17-15-39(5)16-18-40/h6-14,19-21H,15-18H2,1-5H3,(H,37,41)(H,35,36,38). The molecule has 0 saturated carbocycles. The molecule has 43 heavy (non-hydrogen) atoms. The molecule has 0 spiro atoms. The number of piperazine rings is 1. The summed E-state index contributed by atoms with van der Waals surface area (Å²) >= 11 is 0. The third kappa shape index (κ3) is 7.58. The van der Waals surface area contributed by atoms with Crippen molar-refractivity contribution >= 4 is 29.1 Å². The second kappa shape index (κ2) is 13.1. The van der Waals surface area contributed by atoms with E-state index in [9.17, 15) is 9.18 Å². The molecule has 4 aromatic rings. The average Bonchev–Trinajstić information content (AvgIpc) is 2.96. The molecule has 1 saturated heterocycles. The van der Waals surface area contributed by atoms with Gasteiger partial charge in [-0.25, -0.2) is 14.2 Å². The monoisotopic (exact) mass is 584 g/mol. The summed E-state index contributed by atoms with van der Waals surface area (Å²) in [6.07, 6.45) is -1.02. The van der Waals surface area contributed by atoms with Crippen molar-refractivity contribution in [1.82, 2.24) is 14.9 Å². The number of rotatable bonds is 8. The van der Waals surface area contributed by atoms with Gasteiger partial charge < -0.3 is 24.6 Å². The van der Waals surface area contributed by atoms with Crippen molar-refractivity contribution in [3.8, 4) is 22.9 Å². The summed E-state index contributed by atoms with van der Waals surface area (Å²) in [4.78, 5) is 26.9. The fourth-order valence-electron chi connectivity index (χ4n) is 4.83. The molecule has 224 valence electrons. The number of carbonyl (C=O) groups excluding carboxylic acids is 1. The summed E-state index contributed by atoms with van der Waals surface area (Å²) in [5, 5.41) is 5.90. The van der Waals surface area contributed by atoms with Gasteiger partial charge in [-0.2, -0.15) is 4.98 Å². The van der Waals surface area contributed by atoms with Crippen LogP contribution in [0.5, 0.6) is 11.6 Å². The zero-order chi connectivity index (χ0) is 30.5. The third-order valence-electron chi connectivity index (χ3n) is 7.32. The van der Waals surface area contributed by atoms with E-state index >= 15 is 0 Å². The van der Waals surface area contributed by atoms with E-state index in [0.29, 0.717) is 5.69 Å². The Hall–Kier alpha value is -4.70. The van der Waals surface area contributed by atoms with E-state index in [1.165, 1.54) is 18.2 Å². The maximum atomic E-state index is 13.9. The number of nitrogens with zero attached hydrogens (tertiary/aromatic N) is 4. The average molecular weight is 585 g/mol. The maximum absolute atomic E-state index is 13.9. The lowest BCUT2D eigenvalue weighted by atomic mass is 10.0. The molecule has 2 N–H and O–H groups in total. The summed E-state index contributed by atoms with van der Waals surface area (Å²) in [5.41, 5.74) is 5.90. The molecule has 0 unspecified atom stereocenters. The highest BCUT2D eigenvalue weighted by Gasteiger charge is 2.17. The number of carbonyl (C=O) groups is 1. The highest BCUT2D eigenvalue weighted by Crippen LogP contribution is 2.30. The van der Waals surface area contributed by atoms with E-state index in [1.54, 1.807) is 6.07 Å². The minimum Gasteiger partial charge on any atom is -0.489 e. The van der Waals surface area contributed by atoms with E-state index in [0.717, 1.165) is 54.2 Å². The normalized spacial score (nSPS) is 13.6. The van der Waals surface area contributed by atoms with Crippen molar-refractivity contribution in [3.05, 3.63) is 83.7 Å². The molecule has 10 heteroatoms. The summed E-state index contributed by atoms with van der Waals surface area (Å²) in [6, 6.07) is 19.6. The summed E-state index contributed by atoms with van der Waals surface area (Å²) in [7, 11) is 2.14. The molecular formula is C33H37FN6O3. The number of aryl methyl sites for hydroxylation is 1. The number of nitrogens with one attached hydrogen (secondary N) is 2. The van der Waals surface area contributed by atoms with E-state index < -0.39 is 11.9 Å². The summed E-state index contributed by atoms with van der Waals surface area (Å²) in [6.45, 7) is 11.7. The molecule has 0 atom stereocenters. The Morgan fingerprint density at radius 2 is 1.70 bits per heavy atom. The van der Waals surface area contributed by atoms with Crippen molar-refractivity contribution < 1.29 is 18.7 Å². The molecule has 1 aliphatic heterocycles. The number of ether oxygens (including phenoxy) is 2. The van der Waals surface area contributed by atoms with Gasteiger partial charge in [-0.3, -0.25) is 5.32 Å². The second-order valence-corrected chi connectivity index (χ2v) is 10.9. The SMILES string of the molecule is Cc1cccc(-c2cc(OC(=O)Nc3ccc(F)cc3OC(C)C)nc(Nc3ccc(N4CCN(C)CC4)cc3)n2)c1C. The van der Waals surface area contributed by atoms with Gasteiger partial charge in [-0.15, -0.1) is 0 Å². The Kier molecular flexibility index (Phi) is 9.06. The molecule has 1 aromatic heterocycles. The molecule has 0 bridgehead atoms. The molecule has 5 rings (SSSR count). The van der Waals surface area contributed by atoms with Crippen molar-refractivity contribution in [2.24, 2.45) is 0 Å². The predicted molar refractivity (Wildman–Crippen MR) is 168 cm³/mol. The van der Waals surface area contributed by atoms with Gasteiger partial charge in [0.1, 0.15) is 11.6 Å². The number of halogens is 1. The first-order valence-electron chi connectivity index (χ1n) is 14.4. The highest BCUT2D eigenvalue weighted by atomic mass is 19.1. The van der Waals surface area contributed by atoms with Gasteiger partial charge in [-0.05, 0) is 82.3 Å². The molecule has 1 fully saturated rings. The largest absolute Gasteiger partial charge is 0.489 e. The van der Waals surface area contributed by atoms with Crippen LogP contribution in [-0.2, 0) is 0 Å². The van der Waals surface area contributed by atoms with E-state index in [4.69, 9.17) is 14.5 Å². The molecule has 0 aliphatic carbocycles. The Labute approximate surface area is 251 Å². The number of hydrogen-bond acceptors (Lipinski definition) is 8. The van der Waals surface area contributed by atoms with Gasteiger partial charge in [0.05, 0.1) is 17.5 Å². The van der Waals surface area contributed by atoms with Crippen LogP contribution in [0.4, 0.5) is 32.2 Å². The smallest absolute Gasteiger partial charge is 0.418 e. The van der Waals surface area contributed by atoms with E-state index in [1.807, 2.05) is 58.0 Å². The number of benzene rings is 3. The van der Waals surface area contributed by atoms with Gasteiger partial charge in [-0.1, -0.05) is 18.2 Å². The number of anilines is 4. The zero-order valence-electron chi connectivity index (χ0n) is 25.1. The van der Waals surface area contributed by atoms with E-state index in [-0.39, 0.29) is 29.4 Å². The lowest BCUT2D eigenvalue weighted by Gasteiger charge is -2.34. The number of likely N-dealkylation sites (N-methyl/N-ethyl adjacent to an activating group) is 1. The van der Waals surface area contributed by atoms with E-state index in [2.05, 4.69) is 44.6 Å². The Balaban J connectivity index is 1.40. The Morgan fingerprint density at radius 1 is 0.953 bits per heavy atom. The quantitative estimate of drug-likeness (QED) is 0.234. The predicted octanol–water partition coefficient (Wildman–Crippen LogP) is 6.79. The third-order valence-corrected chi connectivity index (χ3v) is 7.32. The van der Waals surface area contributed by atoms with Gasteiger partial charge >= 0.3 is 6.09 Å². The van der Waals surface area contributed by atoms with Crippen LogP contribution < -0.4 is 25.0 Å². The number of aromatic nitrogens is 2. The first-order chi connectivity index (χ1) is 20.6. The van der Waals surface area contributed by atoms with Crippen LogP contribution in [0.25, 0.3) is 11.3 Å². The highest BCUT2D eigenvalue weighted by molar-refractivity contribution is 5.88. The van der Waals surface area contributed by atoms with Gasteiger partial charge in [0.15, 0.2) is 0 Å². The van der Waals surface area contributed by atoms with Gasteiger partial charge in [0.25, 0.3) is 0 Å². The van der Waals surface area contributed by atoms with Crippen molar-refractivity contribution in [1.29, 1.82) is 0 Å². The van der Waals surface area contributed by atoms with Crippen molar-refractivity contribution in [2.45, 2.75) is 33.8 Å². The molecule has 0 radical (unpaired) electrons. The summed E-state index contributed by atoms with van der Waals surface area (Å²) < 4.78 is 25.1. The first-order valence-corrected chi connectivity index (χ1v) is 14.4. The van der Waals surface area contributed by atoms with Crippen LogP contribution in [0.2, 0.25) is 0 Å². The topological polar surface area (TPSA) is 91.8 Å². The molecule has 1 aliphatic rings. The fraction of sp³-hybridized carbons (Fsp3) is 0.303. The lowest BCUT2D eigenvalue weighted by molar-refractivity contribution is 0.212. The van der Waals surface area contributed by atoms with Crippen LogP contribution in [0, 0.1) is 19.7 Å². The molecular weight excluding hydrogens is 547 g/mol. The van der Waals surface area contributed by atoms with Gasteiger partial charge in [0, 0.05) is 55.2 Å². The molecule has 2 heterocycles. The number of hydrogen-bond donors (Lipinski definition) is 2. The van der Waals surface area contributed by atoms with Crippen LogP contribution in [-0.4, -0.2) is 60.3 Å². The zero-order valence-corrected chi connectivity index (χ0v) is 25.1. The van der Waals surface area contributed by atoms with Crippen LogP contribution in [0.3, 0.4) is 0 Å². The Morgan fingerprint density at radius 3 is 2.42 bits per heavy atom. The fourth-order valence-corrected chi connectivity index (χ4v) is 4.83. The molecule has 9 nitrogen and oxygen atoms in total. The minimum atomic E-state index is -0.798. The summed E-state index contributed by atoms with van der Waals surface area (Å²) in [5.74, 6) is 0.0523. The number of amides is 1. The van der Waals surface area contributed by atoms with Crippen LogP contribution in [0.15, 0.2) is 66.7 Å².